The second kappa shape index (κ2) is 7.46. The van der Waals surface area contributed by atoms with Crippen molar-refractivity contribution in [2.24, 2.45) is 0 Å². The molecule has 27 heavy (non-hydrogen) atoms. The summed E-state index contributed by atoms with van der Waals surface area (Å²) in [5.74, 6) is 0.505. The Morgan fingerprint density at radius 3 is 2.48 bits per heavy atom. The number of ether oxygens (including phenoxy) is 2. The Bertz CT molecular complexity index is 1050. The molecule has 0 aliphatic rings. The van der Waals surface area contributed by atoms with E-state index < -0.39 is 5.91 Å². The van der Waals surface area contributed by atoms with Gasteiger partial charge in [-0.05, 0) is 13.0 Å². The van der Waals surface area contributed by atoms with Crippen LogP contribution in [-0.2, 0) is 6.61 Å². The highest BCUT2D eigenvalue weighted by Gasteiger charge is 2.16. The number of pyridine rings is 1. The molecule has 0 atom stereocenters. The second-order valence-electron chi connectivity index (χ2n) is 5.81. The van der Waals surface area contributed by atoms with Gasteiger partial charge in [-0.3, -0.25) is 15.2 Å². The van der Waals surface area contributed by atoms with Crippen LogP contribution in [0, 0.1) is 12.3 Å². The van der Waals surface area contributed by atoms with Crippen LogP contribution in [0.2, 0.25) is 0 Å². The topological polar surface area (TPSA) is 118 Å². The van der Waals surface area contributed by atoms with Crippen LogP contribution in [0.25, 0.3) is 11.0 Å². The molecular weight excluding hydrogens is 350 g/mol. The fourth-order valence-electron chi connectivity index (χ4n) is 2.67. The molecule has 140 valence electrons. The molecule has 2 heterocycles. The van der Waals surface area contributed by atoms with Gasteiger partial charge in [0.15, 0.2) is 5.58 Å². The first-order valence-electron chi connectivity index (χ1n) is 8.09. The number of amides is 1. The Morgan fingerprint density at radius 1 is 1.22 bits per heavy atom. The molecule has 0 aliphatic heterocycles. The number of aliphatic hydroxyl groups excluding tert-OH is 1. The number of carbonyl (C=O) groups is 1. The first-order valence-corrected chi connectivity index (χ1v) is 8.09. The largest absolute Gasteiger partial charge is 0.497 e. The molecule has 2 aromatic heterocycles. The lowest BCUT2D eigenvalue weighted by molar-refractivity contribution is 0.102. The highest BCUT2D eigenvalue weighted by molar-refractivity contribution is 6.05. The van der Waals surface area contributed by atoms with Crippen LogP contribution in [0.5, 0.6) is 11.5 Å². The first kappa shape index (κ1) is 18.4. The zero-order valence-electron chi connectivity index (χ0n) is 15.1. The number of anilines is 1. The van der Waals surface area contributed by atoms with Gasteiger partial charge >= 0.3 is 0 Å². The number of hydrogen-bond acceptors (Lipinski definition) is 7. The Morgan fingerprint density at radius 2 is 1.89 bits per heavy atom. The summed E-state index contributed by atoms with van der Waals surface area (Å²) < 4.78 is 15.9. The zero-order valence-corrected chi connectivity index (χ0v) is 15.1. The maximum Gasteiger partial charge on any atom is 0.261 e. The van der Waals surface area contributed by atoms with Crippen molar-refractivity contribution in [2.45, 2.75) is 13.5 Å². The number of carbonyl (C=O) groups excluding carboxylic acids is 1. The van der Waals surface area contributed by atoms with E-state index in [2.05, 4.69) is 10.3 Å². The van der Waals surface area contributed by atoms with Crippen molar-refractivity contribution in [2.75, 3.05) is 19.5 Å². The molecule has 0 unspecified atom stereocenters. The third-order valence-electron chi connectivity index (χ3n) is 4.09. The molecule has 1 amide bonds. The molecule has 3 rings (SSSR count). The Hall–Kier alpha value is -3.39. The first-order chi connectivity index (χ1) is 13.0. The number of benzene rings is 1. The standard InChI is InChI=1S/C19H19N3O5/c1-10-17-15(11(9-23)8-21-10)7-16(18(20)27-17)19(24)22-12-4-13(25-2)6-14(5-12)26-3/h4-8,20,23H,9H2,1-3H3,(H,22,24). The fourth-order valence-corrected chi connectivity index (χ4v) is 2.67. The van der Waals surface area contributed by atoms with Crippen molar-refractivity contribution in [1.29, 1.82) is 5.41 Å². The van der Waals surface area contributed by atoms with Crippen molar-refractivity contribution in [1.82, 2.24) is 4.98 Å². The van der Waals surface area contributed by atoms with E-state index in [4.69, 9.17) is 19.3 Å². The van der Waals surface area contributed by atoms with Crippen LogP contribution in [0.3, 0.4) is 0 Å². The number of nitrogens with zero attached hydrogens (tertiary/aromatic N) is 1. The van der Waals surface area contributed by atoms with Crippen molar-refractivity contribution >= 4 is 22.6 Å². The Labute approximate surface area is 154 Å². The minimum atomic E-state index is -0.528. The average Bonchev–Trinajstić information content (AvgIpc) is 2.67. The van der Waals surface area contributed by atoms with Gasteiger partial charge in [0.2, 0.25) is 5.55 Å². The van der Waals surface area contributed by atoms with Crippen LogP contribution in [0.4, 0.5) is 5.69 Å². The summed E-state index contributed by atoms with van der Waals surface area (Å²) in [5.41, 5.74) is 1.63. The van der Waals surface area contributed by atoms with E-state index in [9.17, 15) is 9.90 Å². The predicted octanol–water partition coefficient (Wildman–Crippen LogP) is 2.38. The molecule has 0 fully saturated rings. The molecule has 1 aromatic carbocycles. The van der Waals surface area contributed by atoms with Gasteiger partial charge in [0.25, 0.3) is 5.91 Å². The average molecular weight is 369 g/mol. The maximum absolute atomic E-state index is 12.7. The molecule has 0 saturated carbocycles. The molecule has 3 N–H and O–H groups in total. The van der Waals surface area contributed by atoms with Crippen molar-refractivity contribution in [3.05, 3.63) is 52.8 Å². The lowest BCUT2D eigenvalue weighted by Gasteiger charge is -2.11. The number of rotatable bonds is 5. The van der Waals surface area contributed by atoms with Gasteiger partial charge in [0.1, 0.15) is 17.1 Å². The number of aliphatic hydroxyl groups is 1. The van der Waals surface area contributed by atoms with Crippen LogP contribution >= 0.6 is 0 Å². The molecule has 0 radical (unpaired) electrons. The van der Waals surface area contributed by atoms with E-state index in [1.807, 2.05) is 0 Å². The van der Waals surface area contributed by atoms with Crippen molar-refractivity contribution in [3.8, 4) is 11.5 Å². The van der Waals surface area contributed by atoms with Gasteiger partial charge in [-0.1, -0.05) is 0 Å². The highest BCUT2D eigenvalue weighted by atomic mass is 16.5. The van der Waals surface area contributed by atoms with E-state index in [0.29, 0.717) is 39.4 Å². The van der Waals surface area contributed by atoms with Crippen LogP contribution in [0.15, 0.2) is 34.9 Å². The fraction of sp³-hybridized carbons (Fsp3) is 0.211. The SMILES string of the molecule is COc1cc(NC(=O)c2cc3c(CO)cnc(C)c3oc2=N)cc(OC)c1. The zero-order chi connectivity index (χ0) is 19.6. The summed E-state index contributed by atoms with van der Waals surface area (Å²) >= 11 is 0. The Balaban J connectivity index is 2.04. The normalized spacial score (nSPS) is 10.7. The quantitative estimate of drug-likeness (QED) is 0.635. The molecule has 0 aliphatic carbocycles. The van der Waals surface area contributed by atoms with Crippen LogP contribution in [-0.4, -0.2) is 30.2 Å². The number of aromatic nitrogens is 1. The van der Waals surface area contributed by atoms with E-state index in [1.54, 1.807) is 25.1 Å². The minimum absolute atomic E-state index is 0.0320. The van der Waals surface area contributed by atoms with E-state index in [-0.39, 0.29) is 17.7 Å². The number of methoxy groups -OCH3 is 2. The highest BCUT2D eigenvalue weighted by Crippen LogP contribution is 2.26. The third-order valence-corrected chi connectivity index (χ3v) is 4.09. The molecular formula is C19H19N3O5. The number of hydrogen-bond donors (Lipinski definition) is 3. The summed E-state index contributed by atoms with van der Waals surface area (Å²) in [5, 5.41) is 20.8. The van der Waals surface area contributed by atoms with Gasteiger partial charge in [0.05, 0.1) is 26.5 Å². The smallest absolute Gasteiger partial charge is 0.261 e. The minimum Gasteiger partial charge on any atom is -0.497 e. The van der Waals surface area contributed by atoms with Gasteiger partial charge < -0.3 is 24.3 Å². The summed E-state index contributed by atoms with van der Waals surface area (Å²) in [4.78, 5) is 16.8. The maximum atomic E-state index is 12.7. The molecule has 0 bridgehead atoms. The van der Waals surface area contributed by atoms with Gasteiger partial charge in [-0.15, -0.1) is 0 Å². The molecule has 3 aromatic rings. The van der Waals surface area contributed by atoms with E-state index in [0.717, 1.165) is 0 Å². The van der Waals surface area contributed by atoms with Crippen LogP contribution in [0.1, 0.15) is 21.6 Å². The molecule has 8 nitrogen and oxygen atoms in total. The molecule has 8 heteroatoms. The molecule has 0 saturated heterocycles. The van der Waals surface area contributed by atoms with Crippen molar-refractivity contribution in [3.63, 3.8) is 0 Å². The van der Waals surface area contributed by atoms with Gasteiger partial charge in [0, 0.05) is 41.0 Å². The van der Waals surface area contributed by atoms with E-state index in [1.165, 1.54) is 26.5 Å². The van der Waals surface area contributed by atoms with Crippen molar-refractivity contribution < 1.29 is 23.8 Å². The molecule has 0 spiro atoms. The number of nitrogens with one attached hydrogen (secondary N) is 2. The lowest BCUT2D eigenvalue weighted by atomic mass is 10.1. The van der Waals surface area contributed by atoms with E-state index >= 15 is 0 Å². The monoisotopic (exact) mass is 369 g/mol. The summed E-state index contributed by atoms with van der Waals surface area (Å²) in [6.07, 6.45) is 1.52. The summed E-state index contributed by atoms with van der Waals surface area (Å²) in [6, 6.07) is 6.47. The Kier molecular flexibility index (Phi) is 5.09. The second-order valence-corrected chi connectivity index (χ2v) is 5.81. The number of aryl methyl sites for hydroxylation is 1. The third kappa shape index (κ3) is 3.61. The number of fused-ring (bicyclic) bond motifs is 1. The van der Waals surface area contributed by atoms with Crippen LogP contribution < -0.4 is 20.3 Å². The summed E-state index contributed by atoms with van der Waals surface area (Å²) in [7, 11) is 3.02. The van der Waals surface area contributed by atoms with Gasteiger partial charge in [-0.25, -0.2) is 0 Å². The predicted molar refractivity (Wildman–Crippen MR) is 98.0 cm³/mol. The lowest BCUT2D eigenvalue weighted by Crippen LogP contribution is -2.21. The summed E-state index contributed by atoms with van der Waals surface area (Å²) in [6.45, 7) is 1.47. The van der Waals surface area contributed by atoms with Gasteiger partial charge in [-0.2, -0.15) is 0 Å².